The lowest BCUT2D eigenvalue weighted by Gasteiger charge is -2.04. The van der Waals surface area contributed by atoms with Crippen LogP contribution in [0.4, 0.5) is 5.69 Å². The Kier molecular flexibility index (Phi) is 2.97. The third-order valence-corrected chi connectivity index (χ3v) is 3.01. The van der Waals surface area contributed by atoms with Crippen LogP contribution in [0.25, 0.3) is 10.8 Å². The summed E-state index contributed by atoms with van der Waals surface area (Å²) in [6.07, 6.45) is 0. The molecule has 0 saturated heterocycles. The highest BCUT2D eigenvalue weighted by molar-refractivity contribution is 6.29. The highest BCUT2D eigenvalue weighted by Crippen LogP contribution is 2.20. The van der Waals surface area contributed by atoms with Crippen LogP contribution in [0.5, 0.6) is 0 Å². The van der Waals surface area contributed by atoms with E-state index in [1.807, 2.05) is 42.5 Å². The van der Waals surface area contributed by atoms with Crippen molar-refractivity contribution in [1.82, 2.24) is 0 Å². The summed E-state index contributed by atoms with van der Waals surface area (Å²) in [7, 11) is 0. The predicted molar refractivity (Wildman–Crippen MR) is 75.6 cm³/mol. The molecule has 0 spiro atoms. The van der Waals surface area contributed by atoms with E-state index in [1.165, 1.54) is 6.07 Å². The Bertz CT molecular complexity index is 748. The number of benzene rings is 2. The van der Waals surface area contributed by atoms with Crippen molar-refractivity contribution in [3.8, 4) is 0 Å². The van der Waals surface area contributed by atoms with Crippen molar-refractivity contribution < 1.29 is 9.21 Å². The summed E-state index contributed by atoms with van der Waals surface area (Å²) in [6, 6.07) is 16.8. The monoisotopic (exact) mass is 271 g/mol. The number of anilines is 1. The molecule has 0 aliphatic rings. The lowest BCUT2D eigenvalue weighted by Crippen LogP contribution is -2.10. The van der Waals surface area contributed by atoms with Gasteiger partial charge >= 0.3 is 0 Å². The van der Waals surface area contributed by atoms with Crippen LogP contribution in [0, 0.1) is 0 Å². The molecule has 0 unspecified atom stereocenters. The Labute approximate surface area is 114 Å². The third-order valence-electron chi connectivity index (χ3n) is 2.80. The van der Waals surface area contributed by atoms with Gasteiger partial charge in [-0.3, -0.25) is 4.79 Å². The number of hydrogen-bond donors (Lipinski definition) is 1. The van der Waals surface area contributed by atoms with Gasteiger partial charge in [0.05, 0.1) is 0 Å². The largest absolute Gasteiger partial charge is 0.440 e. The van der Waals surface area contributed by atoms with Crippen molar-refractivity contribution in [2.75, 3.05) is 5.32 Å². The first-order valence-electron chi connectivity index (χ1n) is 5.78. The van der Waals surface area contributed by atoms with E-state index in [1.54, 1.807) is 6.07 Å². The topological polar surface area (TPSA) is 42.2 Å². The van der Waals surface area contributed by atoms with E-state index < -0.39 is 0 Å². The van der Waals surface area contributed by atoms with E-state index >= 15 is 0 Å². The summed E-state index contributed by atoms with van der Waals surface area (Å²) < 4.78 is 5.06. The van der Waals surface area contributed by atoms with Gasteiger partial charge in [-0.2, -0.15) is 0 Å². The van der Waals surface area contributed by atoms with Crippen LogP contribution in [0.15, 0.2) is 59.0 Å². The summed E-state index contributed by atoms with van der Waals surface area (Å²) in [4.78, 5) is 11.9. The fourth-order valence-electron chi connectivity index (χ4n) is 1.90. The lowest BCUT2D eigenvalue weighted by molar-refractivity contribution is 0.0997. The molecule has 0 aliphatic carbocycles. The summed E-state index contributed by atoms with van der Waals surface area (Å²) in [5.41, 5.74) is 0.719. The first-order chi connectivity index (χ1) is 9.22. The van der Waals surface area contributed by atoms with E-state index in [0.717, 1.165) is 16.5 Å². The highest BCUT2D eigenvalue weighted by Gasteiger charge is 2.10. The molecule has 4 heteroatoms. The molecule has 3 rings (SSSR count). The second-order valence-electron chi connectivity index (χ2n) is 4.12. The fourth-order valence-corrected chi connectivity index (χ4v) is 2.04. The van der Waals surface area contributed by atoms with Crippen molar-refractivity contribution >= 4 is 34.0 Å². The van der Waals surface area contributed by atoms with Gasteiger partial charge in [-0.1, -0.05) is 30.3 Å². The Morgan fingerprint density at radius 2 is 1.79 bits per heavy atom. The quantitative estimate of drug-likeness (QED) is 0.753. The number of hydrogen-bond acceptors (Lipinski definition) is 2. The number of amides is 1. The minimum atomic E-state index is -0.317. The maximum Gasteiger partial charge on any atom is 0.291 e. The van der Waals surface area contributed by atoms with Gasteiger partial charge in [0.15, 0.2) is 11.0 Å². The molecule has 0 fully saturated rings. The Morgan fingerprint density at radius 1 is 1.00 bits per heavy atom. The van der Waals surface area contributed by atoms with Gasteiger partial charge in [-0.25, -0.2) is 0 Å². The van der Waals surface area contributed by atoms with Crippen molar-refractivity contribution in [2.45, 2.75) is 0 Å². The molecule has 1 amide bonds. The van der Waals surface area contributed by atoms with Gasteiger partial charge in [0.2, 0.25) is 0 Å². The highest BCUT2D eigenvalue weighted by atomic mass is 35.5. The molecule has 0 bridgehead atoms. The first-order valence-corrected chi connectivity index (χ1v) is 6.16. The lowest BCUT2D eigenvalue weighted by atomic mass is 10.1. The molecule has 2 aromatic carbocycles. The summed E-state index contributed by atoms with van der Waals surface area (Å²) >= 11 is 5.64. The van der Waals surface area contributed by atoms with Gasteiger partial charge in [0.1, 0.15) is 0 Å². The van der Waals surface area contributed by atoms with Crippen molar-refractivity contribution in [3.63, 3.8) is 0 Å². The molecule has 19 heavy (non-hydrogen) atoms. The van der Waals surface area contributed by atoms with Gasteiger partial charge in [0.25, 0.3) is 5.91 Å². The molecule has 0 atom stereocenters. The van der Waals surface area contributed by atoms with Crippen LogP contribution in [0.2, 0.25) is 5.22 Å². The molecule has 1 heterocycles. The molecule has 3 aromatic rings. The van der Waals surface area contributed by atoms with E-state index in [-0.39, 0.29) is 16.9 Å². The molecule has 1 N–H and O–H groups in total. The first kappa shape index (κ1) is 11.8. The number of carbonyl (C=O) groups is 1. The number of furan rings is 1. The summed E-state index contributed by atoms with van der Waals surface area (Å²) in [5.74, 6) is -0.125. The zero-order chi connectivity index (χ0) is 13.2. The van der Waals surface area contributed by atoms with Gasteiger partial charge in [-0.05, 0) is 46.6 Å². The Morgan fingerprint density at radius 3 is 2.53 bits per heavy atom. The normalized spacial score (nSPS) is 10.6. The summed E-state index contributed by atoms with van der Waals surface area (Å²) in [6.45, 7) is 0. The number of fused-ring (bicyclic) bond motifs is 1. The minimum absolute atomic E-state index is 0.193. The van der Waals surface area contributed by atoms with Crippen molar-refractivity contribution in [3.05, 3.63) is 65.6 Å². The third kappa shape index (κ3) is 2.46. The second-order valence-corrected chi connectivity index (χ2v) is 4.49. The zero-order valence-corrected chi connectivity index (χ0v) is 10.6. The molecule has 94 valence electrons. The number of halogens is 1. The van der Waals surface area contributed by atoms with Gasteiger partial charge in [0, 0.05) is 5.69 Å². The van der Waals surface area contributed by atoms with Crippen LogP contribution < -0.4 is 5.32 Å². The molecular weight excluding hydrogens is 262 g/mol. The number of carbonyl (C=O) groups excluding carboxylic acids is 1. The van der Waals surface area contributed by atoms with Crippen LogP contribution in [0.3, 0.4) is 0 Å². The van der Waals surface area contributed by atoms with Crippen LogP contribution >= 0.6 is 11.6 Å². The average Bonchev–Trinajstić information content (AvgIpc) is 2.85. The average molecular weight is 272 g/mol. The SMILES string of the molecule is O=C(Nc1ccc2ccccc2c1)c1ccc(Cl)o1. The van der Waals surface area contributed by atoms with Gasteiger partial charge in [-0.15, -0.1) is 0 Å². The second kappa shape index (κ2) is 4.78. The van der Waals surface area contributed by atoms with Crippen LogP contribution in [-0.2, 0) is 0 Å². The maximum absolute atomic E-state index is 11.9. The van der Waals surface area contributed by atoms with E-state index in [9.17, 15) is 4.79 Å². The van der Waals surface area contributed by atoms with Gasteiger partial charge < -0.3 is 9.73 Å². The molecular formula is C15H10ClNO2. The smallest absolute Gasteiger partial charge is 0.291 e. The predicted octanol–water partition coefficient (Wildman–Crippen LogP) is 4.34. The van der Waals surface area contributed by atoms with Crippen molar-refractivity contribution in [2.24, 2.45) is 0 Å². The van der Waals surface area contributed by atoms with E-state index in [4.69, 9.17) is 16.0 Å². The standard InChI is InChI=1S/C15H10ClNO2/c16-14-8-7-13(19-14)15(18)17-12-6-5-10-3-1-2-4-11(10)9-12/h1-9H,(H,17,18). The summed E-state index contributed by atoms with van der Waals surface area (Å²) in [5, 5.41) is 5.16. The molecule has 1 aromatic heterocycles. The molecule has 0 radical (unpaired) electrons. The van der Waals surface area contributed by atoms with E-state index in [2.05, 4.69) is 5.32 Å². The van der Waals surface area contributed by atoms with Crippen molar-refractivity contribution in [1.29, 1.82) is 0 Å². The van der Waals surface area contributed by atoms with Crippen LogP contribution in [0.1, 0.15) is 10.6 Å². The molecule has 0 saturated carbocycles. The minimum Gasteiger partial charge on any atom is -0.440 e. The molecule has 0 aliphatic heterocycles. The zero-order valence-electron chi connectivity index (χ0n) is 9.89. The Hall–Kier alpha value is -2.26. The Balaban J connectivity index is 1.87. The number of nitrogens with one attached hydrogen (secondary N) is 1. The maximum atomic E-state index is 11.9. The molecule has 3 nitrogen and oxygen atoms in total. The fraction of sp³-hybridized carbons (Fsp3) is 0. The van der Waals surface area contributed by atoms with E-state index in [0.29, 0.717) is 0 Å². The van der Waals surface area contributed by atoms with Crippen LogP contribution in [-0.4, -0.2) is 5.91 Å². The number of rotatable bonds is 2.